The van der Waals surface area contributed by atoms with Crippen LogP contribution < -0.4 is 9.47 Å². The summed E-state index contributed by atoms with van der Waals surface area (Å²) in [6.07, 6.45) is 1.88. The van der Waals surface area contributed by atoms with E-state index < -0.39 is 0 Å². The predicted octanol–water partition coefficient (Wildman–Crippen LogP) is 3.36. The Kier molecular flexibility index (Phi) is 5.49. The lowest BCUT2D eigenvalue weighted by Gasteiger charge is -2.35. The van der Waals surface area contributed by atoms with Gasteiger partial charge in [0.1, 0.15) is 5.52 Å². The molecule has 1 atom stereocenters. The second-order valence-corrected chi connectivity index (χ2v) is 7.40. The van der Waals surface area contributed by atoms with E-state index in [4.69, 9.17) is 9.47 Å². The highest BCUT2D eigenvalue weighted by molar-refractivity contribution is 6.00. The summed E-state index contributed by atoms with van der Waals surface area (Å²) in [5.41, 5.74) is 2.63. The van der Waals surface area contributed by atoms with Crippen molar-refractivity contribution in [2.75, 3.05) is 27.3 Å². The van der Waals surface area contributed by atoms with Gasteiger partial charge >= 0.3 is 0 Å². The third-order valence-electron chi connectivity index (χ3n) is 5.82. The molecule has 0 amide bonds. The van der Waals surface area contributed by atoms with Crippen molar-refractivity contribution >= 4 is 16.8 Å². The Bertz CT molecular complexity index is 1010. The molecule has 0 spiro atoms. The molecule has 2 heterocycles. The van der Waals surface area contributed by atoms with E-state index in [2.05, 4.69) is 21.3 Å². The van der Waals surface area contributed by atoms with Crippen molar-refractivity contribution in [2.24, 2.45) is 0 Å². The normalized spacial score (nSPS) is 16.7. The van der Waals surface area contributed by atoms with Crippen LogP contribution in [0.5, 0.6) is 11.5 Å². The first kappa shape index (κ1) is 19.4. The number of fused-ring (bicyclic) bond motifs is 1. The number of para-hydroxylation sites is 1. The zero-order chi connectivity index (χ0) is 20.4. The molecule has 4 rings (SSSR count). The fourth-order valence-electron chi connectivity index (χ4n) is 4.07. The summed E-state index contributed by atoms with van der Waals surface area (Å²) >= 11 is 0. The van der Waals surface area contributed by atoms with Crippen molar-refractivity contribution in [2.45, 2.75) is 31.8 Å². The number of Topliss-reactive ketones (excluding diaryl/α,β-unsaturated/α-hetero) is 1. The minimum absolute atomic E-state index is 0.0932. The van der Waals surface area contributed by atoms with Crippen molar-refractivity contribution in [3.63, 3.8) is 0 Å². The number of carbonyl (C=O) groups excluding carboxylic acids is 1. The van der Waals surface area contributed by atoms with Gasteiger partial charge in [-0.15, -0.1) is 5.10 Å². The zero-order valence-corrected chi connectivity index (χ0v) is 17.0. The van der Waals surface area contributed by atoms with Crippen molar-refractivity contribution in [1.82, 2.24) is 19.9 Å². The number of likely N-dealkylation sites (tertiary alicyclic amines) is 1. The van der Waals surface area contributed by atoms with Crippen LogP contribution in [0.3, 0.4) is 0 Å². The number of methoxy groups -OCH3 is 2. The van der Waals surface area contributed by atoms with Crippen LogP contribution in [0.15, 0.2) is 42.5 Å². The number of hydrogen-bond acceptors (Lipinski definition) is 6. The number of aromatic nitrogens is 3. The van der Waals surface area contributed by atoms with Gasteiger partial charge in [-0.25, -0.2) is 4.68 Å². The third-order valence-corrected chi connectivity index (χ3v) is 5.82. The van der Waals surface area contributed by atoms with Crippen LogP contribution in [0, 0.1) is 0 Å². The number of ketones is 1. The van der Waals surface area contributed by atoms with E-state index in [0.29, 0.717) is 23.1 Å². The van der Waals surface area contributed by atoms with Gasteiger partial charge in [-0.05, 0) is 50.1 Å². The topological polar surface area (TPSA) is 69.5 Å². The fraction of sp³-hybridized carbons (Fsp3) is 0.409. The Hall–Kier alpha value is -2.93. The average molecular weight is 394 g/mol. The molecule has 3 aromatic rings. The molecule has 0 aliphatic carbocycles. The number of carbonyl (C=O) groups is 1. The molecule has 29 heavy (non-hydrogen) atoms. The van der Waals surface area contributed by atoms with Crippen LogP contribution in [-0.4, -0.2) is 59.0 Å². The van der Waals surface area contributed by atoms with Gasteiger partial charge in [-0.3, -0.25) is 9.69 Å². The van der Waals surface area contributed by atoms with Crippen LogP contribution in [0.1, 0.15) is 36.2 Å². The van der Waals surface area contributed by atoms with E-state index in [1.54, 1.807) is 32.4 Å². The number of piperidine rings is 1. The lowest BCUT2D eigenvalue weighted by molar-refractivity contribution is 0.0771. The third kappa shape index (κ3) is 3.70. The minimum atomic E-state index is -0.193. The average Bonchev–Trinajstić information content (AvgIpc) is 3.22. The number of nitrogens with zero attached hydrogens (tertiary/aromatic N) is 4. The van der Waals surface area contributed by atoms with Gasteiger partial charge in [-0.1, -0.05) is 17.3 Å². The molecule has 7 nitrogen and oxygen atoms in total. The molecule has 0 bridgehead atoms. The quantitative estimate of drug-likeness (QED) is 0.597. The van der Waals surface area contributed by atoms with Crippen LogP contribution in [0.2, 0.25) is 0 Å². The molecule has 1 aliphatic rings. The minimum Gasteiger partial charge on any atom is -0.493 e. The van der Waals surface area contributed by atoms with Crippen molar-refractivity contribution in [3.05, 3.63) is 48.0 Å². The summed E-state index contributed by atoms with van der Waals surface area (Å²) < 4.78 is 12.6. The van der Waals surface area contributed by atoms with Crippen LogP contribution in [0.4, 0.5) is 0 Å². The number of rotatable bonds is 6. The summed E-state index contributed by atoms with van der Waals surface area (Å²) in [5.74, 6) is 1.29. The molecule has 7 heteroatoms. The van der Waals surface area contributed by atoms with Gasteiger partial charge in [0.2, 0.25) is 0 Å². The molecule has 1 fully saturated rings. The number of ether oxygens (including phenoxy) is 2. The lowest BCUT2D eigenvalue weighted by Crippen LogP contribution is -2.44. The molecule has 0 N–H and O–H groups in total. The Morgan fingerprint density at radius 3 is 2.52 bits per heavy atom. The van der Waals surface area contributed by atoms with Gasteiger partial charge in [0.15, 0.2) is 17.3 Å². The Labute approximate surface area is 170 Å². The van der Waals surface area contributed by atoms with Gasteiger partial charge in [-0.2, -0.15) is 0 Å². The van der Waals surface area contributed by atoms with Gasteiger partial charge in [0.05, 0.1) is 31.8 Å². The molecular weight excluding hydrogens is 368 g/mol. The molecule has 1 aromatic heterocycles. The van der Waals surface area contributed by atoms with Gasteiger partial charge in [0, 0.05) is 18.7 Å². The highest BCUT2D eigenvalue weighted by Crippen LogP contribution is 2.30. The van der Waals surface area contributed by atoms with Crippen molar-refractivity contribution in [1.29, 1.82) is 0 Å². The lowest BCUT2D eigenvalue weighted by atomic mass is 9.99. The van der Waals surface area contributed by atoms with E-state index in [-0.39, 0.29) is 11.8 Å². The van der Waals surface area contributed by atoms with Gasteiger partial charge < -0.3 is 9.47 Å². The van der Waals surface area contributed by atoms with E-state index in [1.807, 2.05) is 29.8 Å². The first-order chi connectivity index (χ1) is 14.1. The summed E-state index contributed by atoms with van der Waals surface area (Å²) in [5, 5.41) is 8.63. The SMILES string of the molecule is COc1ccc(C(=O)C(C)N2CCC(n3nnc4ccccc43)CC2)cc1OC. The Morgan fingerprint density at radius 1 is 1.07 bits per heavy atom. The standard InChI is InChI=1S/C22H26N4O3/c1-15(22(27)16-8-9-20(28-2)21(14-16)29-3)25-12-10-17(11-13-25)26-19-7-5-4-6-18(19)23-24-26/h4-9,14-15,17H,10-13H2,1-3H3. The first-order valence-corrected chi connectivity index (χ1v) is 9.92. The molecule has 2 aromatic carbocycles. The van der Waals surface area contributed by atoms with Crippen LogP contribution >= 0.6 is 0 Å². The summed E-state index contributed by atoms with van der Waals surface area (Å²) in [6, 6.07) is 13.5. The number of benzene rings is 2. The Balaban J connectivity index is 1.43. The first-order valence-electron chi connectivity index (χ1n) is 9.92. The van der Waals surface area contributed by atoms with E-state index in [9.17, 15) is 4.79 Å². The number of hydrogen-bond donors (Lipinski definition) is 0. The highest BCUT2D eigenvalue weighted by atomic mass is 16.5. The summed E-state index contributed by atoms with van der Waals surface area (Å²) in [6.45, 7) is 3.67. The van der Waals surface area contributed by atoms with Crippen LogP contribution in [0.25, 0.3) is 11.0 Å². The largest absolute Gasteiger partial charge is 0.493 e. The van der Waals surface area contributed by atoms with Crippen LogP contribution in [-0.2, 0) is 0 Å². The molecule has 152 valence electrons. The van der Waals surface area contributed by atoms with Crippen molar-refractivity contribution < 1.29 is 14.3 Å². The molecule has 1 aliphatic heterocycles. The second-order valence-electron chi connectivity index (χ2n) is 7.40. The summed E-state index contributed by atoms with van der Waals surface area (Å²) in [4.78, 5) is 15.3. The van der Waals surface area contributed by atoms with E-state index >= 15 is 0 Å². The van der Waals surface area contributed by atoms with E-state index in [0.717, 1.165) is 37.0 Å². The second kappa shape index (κ2) is 8.21. The fourth-order valence-corrected chi connectivity index (χ4v) is 4.07. The maximum Gasteiger partial charge on any atom is 0.179 e. The molecule has 1 unspecified atom stereocenters. The Morgan fingerprint density at radius 2 is 1.79 bits per heavy atom. The predicted molar refractivity (Wildman–Crippen MR) is 111 cm³/mol. The highest BCUT2D eigenvalue weighted by Gasteiger charge is 2.29. The molecule has 1 saturated heterocycles. The maximum absolute atomic E-state index is 13.0. The molecular formula is C22H26N4O3. The zero-order valence-electron chi connectivity index (χ0n) is 17.0. The monoisotopic (exact) mass is 394 g/mol. The smallest absolute Gasteiger partial charge is 0.179 e. The van der Waals surface area contributed by atoms with Crippen molar-refractivity contribution in [3.8, 4) is 11.5 Å². The van der Waals surface area contributed by atoms with Gasteiger partial charge in [0.25, 0.3) is 0 Å². The maximum atomic E-state index is 13.0. The summed E-state index contributed by atoms with van der Waals surface area (Å²) in [7, 11) is 3.17. The van der Waals surface area contributed by atoms with E-state index in [1.165, 1.54) is 0 Å². The molecule has 0 radical (unpaired) electrons. The molecule has 0 saturated carbocycles.